The number of nitrogens with zero attached hydrogens (tertiary/aromatic N) is 1. The zero-order chi connectivity index (χ0) is 12.6. The van der Waals surface area contributed by atoms with Crippen LogP contribution in [-0.2, 0) is 0 Å². The zero-order valence-corrected chi connectivity index (χ0v) is 10.0. The molecule has 0 saturated carbocycles. The summed E-state index contributed by atoms with van der Waals surface area (Å²) < 4.78 is 15.3. The fourth-order valence-corrected chi connectivity index (χ4v) is 2.07. The summed E-state index contributed by atoms with van der Waals surface area (Å²) >= 11 is 0. The second-order valence-electron chi connectivity index (χ2n) is 4.54. The van der Waals surface area contributed by atoms with Crippen molar-refractivity contribution in [3.63, 3.8) is 0 Å². The monoisotopic (exact) mass is 236 g/mol. The van der Waals surface area contributed by atoms with Gasteiger partial charge in [0.25, 0.3) is 0 Å². The number of hydrogen-bond acceptors (Lipinski definition) is 2. The Morgan fingerprint density at radius 2 is 2.12 bits per heavy atom. The van der Waals surface area contributed by atoms with Crippen molar-refractivity contribution in [1.82, 2.24) is 4.57 Å². The highest BCUT2D eigenvalue weighted by atomic mass is 19.1. The maximum atomic E-state index is 13.3. The number of fused-ring (bicyclic) bond motifs is 1. The van der Waals surface area contributed by atoms with Crippen LogP contribution in [-0.4, -0.2) is 16.3 Å². The van der Waals surface area contributed by atoms with Crippen molar-refractivity contribution in [3.8, 4) is 0 Å². The minimum atomic E-state index is -0.473. The SMILES string of the molecule is CC(C)n1cc(C(N)CO)c2cc(F)ccc21. The van der Waals surface area contributed by atoms with Crippen molar-refractivity contribution in [2.75, 3.05) is 6.61 Å². The summed E-state index contributed by atoms with van der Waals surface area (Å²) in [6.45, 7) is 3.96. The first-order chi connectivity index (χ1) is 8.04. The van der Waals surface area contributed by atoms with Crippen molar-refractivity contribution < 1.29 is 9.50 Å². The molecule has 1 aromatic heterocycles. The van der Waals surface area contributed by atoms with Crippen LogP contribution < -0.4 is 5.73 Å². The van der Waals surface area contributed by atoms with E-state index in [1.54, 1.807) is 6.07 Å². The van der Waals surface area contributed by atoms with Gasteiger partial charge in [-0.2, -0.15) is 0 Å². The lowest BCUT2D eigenvalue weighted by Gasteiger charge is -2.08. The van der Waals surface area contributed by atoms with E-state index in [0.29, 0.717) is 0 Å². The molecule has 3 nitrogen and oxygen atoms in total. The van der Waals surface area contributed by atoms with Gasteiger partial charge in [-0.25, -0.2) is 4.39 Å². The molecule has 1 aromatic carbocycles. The quantitative estimate of drug-likeness (QED) is 0.859. The average Bonchev–Trinajstić information content (AvgIpc) is 2.66. The van der Waals surface area contributed by atoms with E-state index >= 15 is 0 Å². The van der Waals surface area contributed by atoms with Crippen molar-refractivity contribution in [2.45, 2.75) is 25.9 Å². The van der Waals surface area contributed by atoms with E-state index in [1.807, 2.05) is 10.8 Å². The number of benzene rings is 1. The maximum absolute atomic E-state index is 13.3. The van der Waals surface area contributed by atoms with Crippen LogP contribution in [0.2, 0.25) is 0 Å². The Hall–Kier alpha value is -1.39. The Balaban J connectivity index is 2.71. The number of aliphatic hydroxyl groups is 1. The summed E-state index contributed by atoms with van der Waals surface area (Å²) in [4.78, 5) is 0. The van der Waals surface area contributed by atoms with Crippen LogP contribution in [0.25, 0.3) is 10.9 Å². The summed E-state index contributed by atoms with van der Waals surface area (Å²) in [5.41, 5.74) is 7.57. The van der Waals surface area contributed by atoms with Crippen LogP contribution in [0, 0.1) is 5.82 Å². The summed E-state index contributed by atoms with van der Waals surface area (Å²) in [5.74, 6) is -0.287. The van der Waals surface area contributed by atoms with E-state index in [4.69, 9.17) is 10.8 Å². The fraction of sp³-hybridized carbons (Fsp3) is 0.385. The van der Waals surface area contributed by atoms with Crippen LogP contribution in [0.3, 0.4) is 0 Å². The van der Waals surface area contributed by atoms with Gasteiger partial charge in [0, 0.05) is 23.1 Å². The minimum Gasteiger partial charge on any atom is -0.394 e. The summed E-state index contributed by atoms with van der Waals surface area (Å²) in [7, 11) is 0. The first kappa shape index (κ1) is 12.1. The Bertz CT molecular complexity index is 533. The number of nitrogens with two attached hydrogens (primary N) is 1. The van der Waals surface area contributed by atoms with Gasteiger partial charge in [-0.05, 0) is 37.6 Å². The van der Waals surface area contributed by atoms with Crippen LogP contribution in [0.15, 0.2) is 24.4 Å². The molecule has 0 amide bonds. The average molecular weight is 236 g/mol. The van der Waals surface area contributed by atoms with Gasteiger partial charge in [0.05, 0.1) is 12.6 Å². The van der Waals surface area contributed by atoms with Gasteiger partial charge >= 0.3 is 0 Å². The molecule has 1 atom stereocenters. The Kier molecular flexibility index (Phi) is 3.17. The van der Waals surface area contributed by atoms with Gasteiger partial charge in [-0.3, -0.25) is 0 Å². The number of aliphatic hydroxyl groups excluding tert-OH is 1. The molecule has 4 heteroatoms. The number of aromatic nitrogens is 1. The highest BCUT2D eigenvalue weighted by Gasteiger charge is 2.15. The molecule has 1 heterocycles. The molecule has 92 valence electrons. The molecule has 17 heavy (non-hydrogen) atoms. The number of hydrogen-bond donors (Lipinski definition) is 2. The molecule has 0 spiro atoms. The van der Waals surface area contributed by atoms with Crippen molar-refractivity contribution in [3.05, 3.63) is 35.8 Å². The molecule has 2 rings (SSSR count). The first-order valence-corrected chi connectivity index (χ1v) is 5.71. The molecule has 1 unspecified atom stereocenters. The van der Waals surface area contributed by atoms with Crippen LogP contribution in [0.4, 0.5) is 4.39 Å². The molecular formula is C13H17FN2O. The topological polar surface area (TPSA) is 51.2 Å². The normalized spacial score (nSPS) is 13.5. The van der Waals surface area contributed by atoms with Gasteiger partial charge in [0.1, 0.15) is 5.82 Å². The van der Waals surface area contributed by atoms with Crippen LogP contribution in [0.5, 0.6) is 0 Å². The highest BCUT2D eigenvalue weighted by molar-refractivity contribution is 5.84. The Labute approximate surface area is 99.7 Å². The lowest BCUT2D eigenvalue weighted by atomic mass is 10.1. The van der Waals surface area contributed by atoms with Gasteiger partial charge < -0.3 is 15.4 Å². The number of rotatable bonds is 3. The summed E-state index contributed by atoms with van der Waals surface area (Å²) in [5, 5.41) is 9.91. The van der Waals surface area contributed by atoms with E-state index in [-0.39, 0.29) is 18.5 Å². The number of halogens is 1. The summed E-state index contributed by atoms with van der Waals surface area (Å²) in [6.07, 6.45) is 1.90. The predicted octanol–water partition coefficient (Wildman–Crippen LogP) is 2.35. The van der Waals surface area contributed by atoms with Gasteiger partial charge in [-0.15, -0.1) is 0 Å². The largest absolute Gasteiger partial charge is 0.394 e. The lowest BCUT2D eigenvalue weighted by Crippen LogP contribution is -2.14. The van der Waals surface area contributed by atoms with E-state index in [9.17, 15) is 4.39 Å². The molecule has 2 aromatic rings. The molecule has 0 aliphatic rings. The zero-order valence-electron chi connectivity index (χ0n) is 10.0. The van der Waals surface area contributed by atoms with E-state index in [0.717, 1.165) is 16.5 Å². The molecule has 3 N–H and O–H groups in total. The smallest absolute Gasteiger partial charge is 0.123 e. The maximum Gasteiger partial charge on any atom is 0.123 e. The van der Waals surface area contributed by atoms with Crippen molar-refractivity contribution in [1.29, 1.82) is 0 Å². The van der Waals surface area contributed by atoms with Crippen molar-refractivity contribution >= 4 is 10.9 Å². The van der Waals surface area contributed by atoms with E-state index in [1.165, 1.54) is 12.1 Å². The van der Waals surface area contributed by atoms with Gasteiger partial charge in [0.2, 0.25) is 0 Å². The Morgan fingerprint density at radius 3 is 2.71 bits per heavy atom. The van der Waals surface area contributed by atoms with E-state index < -0.39 is 6.04 Å². The molecule has 0 saturated heterocycles. The minimum absolute atomic E-state index is 0.145. The first-order valence-electron chi connectivity index (χ1n) is 5.71. The van der Waals surface area contributed by atoms with Gasteiger partial charge in [-0.1, -0.05) is 0 Å². The molecule has 0 aliphatic heterocycles. The van der Waals surface area contributed by atoms with Crippen LogP contribution in [0.1, 0.15) is 31.5 Å². The predicted molar refractivity (Wildman–Crippen MR) is 66.3 cm³/mol. The molecular weight excluding hydrogens is 219 g/mol. The molecule has 0 bridgehead atoms. The van der Waals surface area contributed by atoms with Gasteiger partial charge in [0.15, 0.2) is 0 Å². The highest BCUT2D eigenvalue weighted by Crippen LogP contribution is 2.28. The van der Waals surface area contributed by atoms with Crippen LogP contribution >= 0.6 is 0 Å². The van der Waals surface area contributed by atoms with Crippen molar-refractivity contribution in [2.24, 2.45) is 5.73 Å². The third-order valence-corrected chi connectivity index (χ3v) is 2.98. The third kappa shape index (κ3) is 2.06. The molecule has 0 fully saturated rings. The fourth-order valence-electron chi connectivity index (χ4n) is 2.07. The molecule has 0 radical (unpaired) electrons. The third-order valence-electron chi connectivity index (χ3n) is 2.98. The molecule has 0 aliphatic carbocycles. The lowest BCUT2D eigenvalue weighted by molar-refractivity contribution is 0.268. The standard InChI is InChI=1S/C13H17FN2O/c1-8(2)16-6-11(12(15)7-17)10-5-9(14)3-4-13(10)16/h3-6,8,12,17H,7,15H2,1-2H3. The Morgan fingerprint density at radius 1 is 1.41 bits per heavy atom. The second kappa shape index (κ2) is 4.47. The summed E-state index contributed by atoms with van der Waals surface area (Å²) in [6, 6.07) is 4.45. The van der Waals surface area contributed by atoms with E-state index in [2.05, 4.69) is 13.8 Å². The second-order valence-corrected chi connectivity index (χ2v) is 4.54.